The molecule has 4 nitrogen and oxygen atoms in total. The van der Waals surface area contributed by atoms with Crippen LogP contribution in [0, 0.1) is 0 Å². The summed E-state index contributed by atoms with van der Waals surface area (Å²) in [4.78, 5) is 4.04. The molecule has 0 amide bonds. The number of nitrogens with zero attached hydrogens (tertiary/aromatic N) is 3. The van der Waals surface area contributed by atoms with E-state index in [0.717, 1.165) is 22.5 Å². The molecule has 0 aliphatic heterocycles. The van der Waals surface area contributed by atoms with Crippen molar-refractivity contribution in [2.24, 2.45) is 0 Å². The minimum atomic E-state index is 0.451. The van der Waals surface area contributed by atoms with E-state index in [2.05, 4.69) is 10.1 Å². The maximum atomic E-state index is 6.03. The zero-order valence-electron chi connectivity index (χ0n) is 10.4. The van der Waals surface area contributed by atoms with Crippen LogP contribution in [-0.2, 0) is 0 Å². The van der Waals surface area contributed by atoms with E-state index >= 15 is 0 Å². The lowest BCUT2D eigenvalue weighted by Gasteiger charge is -2.02. The van der Waals surface area contributed by atoms with Crippen molar-refractivity contribution < 1.29 is 4.74 Å². The third-order valence-electron chi connectivity index (χ3n) is 2.80. The molecule has 0 N–H and O–H groups in total. The zero-order chi connectivity index (χ0) is 13.2. The summed E-state index contributed by atoms with van der Waals surface area (Å²) in [5.74, 6) is 0.856. The molecule has 0 bridgehead atoms. The number of halogens is 1. The van der Waals surface area contributed by atoms with Gasteiger partial charge in [-0.25, -0.2) is 9.50 Å². The van der Waals surface area contributed by atoms with Gasteiger partial charge in [-0.1, -0.05) is 11.6 Å². The molecule has 3 rings (SSSR count). The van der Waals surface area contributed by atoms with Crippen LogP contribution in [-0.4, -0.2) is 21.2 Å². The molecule has 2 aromatic heterocycles. The van der Waals surface area contributed by atoms with Gasteiger partial charge < -0.3 is 4.74 Å². The van der Waals surface area contributed by atoms with Crippen molar-refractivity contribution in [1.29, 1.82) is 0 Å². The largest absolute Gasteiger partial charge is 0.494 e. The molecular formula is C14H12ClN3O. The van der Waals surface area contributed by atoms with Crippen molar-refractivity contribution >= 4 is 17.1 Å². The second-order valence-corrected chi connectivity index (χ2v) is 4.39. The molecule has 0 aliphatic rings. The van der Waals surface area contributed by atoms with Gasteiger partial charge >= 0.3 is 0 Å². The minimum Gasteiger partial charge on any atom is -0.494 e. The fourth-order valence-electron chi connectivity index (χ4n) is 1.92. The number of aromatic nitrogens is 3. The van der Waals surface area contributed by atoms with Gasteiger partial charge in [-0.05, 0) is 37.3 Å². The van der Waals surface area contributed by atoms with Crippen molar-refractivity contribution in [1.82, 2.24) is 14.6 Å². The molecule has 19 heavy (non-hydrogen) atoms. The van der Waals surface area contributed by atoms with Crippen LogP contribution < -0.4 is 4.74 Å². The molecule has 5 heteroatoms. The maximum absolute atomic E-state index is 6.03. The Kier molecular flexibility index (Phi) is 3.09. The molecule has 0 aliphatic carbocycles. The summed E-state index contributed by atoms with van der Waals surface area (Å²) >= 11 is 6.03. The highest BCUT2D eigenvalue weighted by Gasteiger charge is 2.07. The first-order chi connectivity index (χ1) is 9.28. The van der Waals surface area contributed by atoms with Gasteiger partial charge in [0.1, 0.15) is 11.3 Å². The Balaban J connectivity index is 2.01. The summed E-state index contributed by atoms with van der Waals surface area (Å²) in [5.41, 5.74) is 2.68. The van der Waals surface area contributed by atoms with Crippen LogP contribution in [0.25, 0.3) is 16.8 Å². The van der Waals surface area contributed by atoms with Gasteiger partial charge in [0.15, 0.2) is 5.15 Å². The molecule has 0 spiro atoms. The number of rotatable bonds is 3. The van der Waals surface area contributed by atoms with Crippen molar-refractivity contribution in [3.05, 3.63) is 47.9 Å². The average molecular weight is 274 g/mol. The van der Waals surface area contributed by atoms with Gasteiger partial charge in [0.05, 0.1) is 12.3 Å². The summed E-state index contributed by atoms with van der Waals surface area (Å²) in [6.45, 7) is 2.63. The van der Waals surface area contributed by atoms with Gasteiger partial charge in [-0.15, -0.1) is 0 Å². The summed E-state index contributed by atoms with van der Waals surface area (Å²) in [6, 6.07) is 9.75. The number of hydrogen-bond acceptors (Lipinski definition) is 3. The van der Waals surface area contributed by atoms with Crippen LogP contribution in [0.1, 0.15) is 6.92 Å². The lowest BCUT2D eigenvalue weighted by atomic mass is 10.1. The lowest BCUT2D eigenvalue weighted by Crippen LogP contribution is -1.91. The standard InChI is InChI=1S/C14H12ClN3O/c1-2-19-11-5-3-10(4-6-11)12-9-13-14(15)16-7-8-18(13)17-12/h3-9H,2H2,1H3. The summed E-state index contributed by atoms with van der Waals surface area (Å²) < 4.78 is 7.14. The number of hydrogen-bond donors (Lipinski definition) is 0. The highest BCUT2D eigenvalue weighted by molar-refractivity contribution is 6.32. The van der Waals surface area contributed by atoms with Crippen molar-refractivity contribution in [2.75, 3.05) is 6.61 Å². The molecule has 1 aromatic carbocycles. The Bertz CT molecular complexity index is 706. The van der Waals surface area contributed by atoms with E-state index in [0.29, 0.717) is 11.8 Å². The Morgan fingerprint density at radius 2 is 2.05 bits per heavy atom. The van der Waals surface area contributed by atoms with Gasteiger partial charge in [-0.2, -0.15) is 5.10 Å². The Labute approximate surface area is 115 Å². The average Bonchev–Trinajstić information content (AvgIpc) is 2.85. The van der Waals surface area contributed by atoms with Crippen LogP contribution in [0.3, 0.4) is 0 Å². The highest BCUT2D eigenvalue weighted by atomic mass is 35.5. The van der Waals surface area contributed by atoms with E-state index in [9.17, 15) is 0 Å². The van der Waals surface area contributed by atoms with Crippen LogP contribution in [0.2, 0.25) is 5.15 Å². The van der Waals surface area contributed by atoms with Gasteiger partial charge in [-0.3, -0.25) is 0 Å². The van der Waals surface area contributed by atoms with Gasteiger partial charge in [0.25, 0.3) is 0 Å². The fourth-order valence-corrected chi connectivity index (χ4v) is 2.12. The van der Waals surface area contributed by atoms with E-state index in [-0.39, 0.29) is 0 Å². The van der Waals surface area contributed by atoms with Crippen LogP contribution in [0.15, 0.2) is 42.7 Å². The van der Waals surface area contributed by atoms with Crippen LogP contribution in [0.4, 0.5) is 0 Å². The van der Waals surface area contributed by atoms with E-state index < -0.39 is 0 Å². The molecule has 3 aromatic rings. The van der Waals surface area contributed by atoms with Crippen LogP contribution in [0.5, 0.6) is 5.75 Å². The smallest absolute Gasteiger partial charge is 0.154 e. The molecular weight excluding hydrogens is 262 g/mol. The van der Waals surface area contributed by atoms with Crippen molar-refractivity contribution in [3.63, 3.8) is 0 Å². The summed E-state index contributed by atoms with van der Waals surface area (Å²) in [5, 5.41) is 4.92. The number of benzene rings is 1. The predicted octanol–water partition coefficient (Wildman–Crippen LogP) is 3.45. The molecule has 0 fully saturated rings. The van der Waals surface area contributed by atoms with E-state index in [1.165, 1.54) is 0 Å². The fraction of sp³-hybridized carbons (Fsp3) is 0.143. The maximum Gasteiger partial charge on any atom is 0.154 e. The topological polar surface area (TPSA) is 39.4 Å². The monoisotopic (exact) mass is 273 g/mol. The van der Waals surface area contributed by atoms with Gasteiger partial charge in [0, 0.05) is 18.0 Å². The SMILES string of the molecule is CCOc1ccc(-c2cc3c(Cl)nccn3n2)cc1. The minimum absolute atomic E-state index is 0.451. The first kappa shape index (κ1) is 12.0. The first-order valence-corrected chi connectivity index (χ1v) is 6.39. The first-order valence-electron chi connectivity index (χ1n) is 6.01. The summed E-state index contributed by atoms with van der Waals surface area (Å²) in [7, 11) is 0. The summed E-state index contributed by atoms with van der Waals surface area (Å²) in [6.07, 6.45) is 3.41. The zero-order valence-corrected chi connectivity index (χ0v) is 11.1. The third kappa shape index (κ3) is 2.27. The Hall–Kier alpha value is -2.07. The second kappa shape index (κ2) is 4.90. The quantitative estimate of drug-likeness (QED) is 0.734. The molecule has 0 radical (unpaired) electrons. The molecule has 0 unspecified atom stereocenters. The normalized spacial score (nSPS) is 10.8. The van der Waals surface area contributed by atoms with Crippen molar-refractivity contribution in [3.8, 4) is 17.0 Å². The Morgan fingerprint density at radius 1 is 1.26 bits per heavy atom. The molecule has 96 valence electrons. The number of ether oxygens (including phenoxy) is 1. The van der Waals surface area contributed by atoms with Gasteiger partial charge in [0.2, 0.25) is 0 Å². The number of fused-ring (bicyclic) bond motifs is 1. The Morgan fingerprint density at radius 3 is 2.74 bits per heavy atom. The molecule has 0 saturated carbocycles. The highest BCUT2D eigenvalue weighted by Crippen LogP contribution is 2.24. The molecule has 2 heterocycles. The van der Waals surface area contributed by atoms with Crippen LogP contribution >= 0.6 is 11.6 Å². The molecule has 0 saturated heterocycles. The van der Waals surface area contributed by atoms with E-state index in [1.54, 1.807) is 16.9 Å². The van der Waals surface area contributed by atoms with Crippen molar-refractivity contribution in [2.45, 2.75) is 6.92 Å². The molecule has 0 atom stereocenters. The lowest BCUT2D eigenvalue weighted by molar-refractivity contribution is 0.340. The second-order valence-electron chi connectivity index (χ2n) is 4.03. The van der Waals surface area contributed by atoms with E-state index in [1.807, 2.05) is 37.3 Å². The predicted molar refractivity (Wildman–Crippen MR) is 74.6 cm³/mol. The third-order valence-corrected chi connectivity index (χ3v) is 3.10. The van der Waals surface area contributed by atoms with E-state index in [4.69, 9.17) is 16.3 Å².